The van der Waals surface area contributed by atoms with E-state index < -0.39 is 0 Å². The number of primary amides is 1. The Morgan fingerprint density at radius 2 is 2.10 bits per heavy atom. The Morgan fingerprint density at radius 1 is 1.40 bits per heavy atom. The molecule has 1 aliphatic heterocycles. The summed E-state index contributed by atoms with van der Waals surface area (Å²) in [4.78, 5) is 12.9. The minimum atomic E-state index is -0.318. The molecule has 1 atom stereocenters. The quantitative estimate of drug-likeness (QED) is 0.809. The van der Waals surface area contributed by atoms with E-state index in [9.17, 15) is 4.79 Å². The average molecular weight is 280 g/mol. The maximum Gasteiger partial charge on any atom is 0.231 e. The van der Waals surface area contributed by atoms with Gasteiger partial charge in [0.2, 0.25) is 5.91 Å². The predicted octanol–water partition coefficient (Wildman–Crippen LogP) is 0.260. The molecule has 2 N–H and O–H groups in total. The summed E-state index contributed by atoms with van der Waals surface area (Å²) in [6.45, 7) is 2.68. The first-order valence-corrected chi connectivity index (χ1v) is 6.56. The van der Waals surface area contributed by atoms with Crippen molar-refractivity contribution >= 4 is 5.91 Å². The lowest BCUT2D eigenvalue weighted by Gasteiger charge is -2.31. The standard InChI is InChI=1S/C14H20N2O4/c1-18-11-2-4-12(5-3-11)20-10-13-8-16(6-7-19-13)9-14(15)17/h2-5,13H,6-10H2,1H3,(H2,15,17)/t13-/m1/s1. The van der Waals surface area contributed by atoms with E-state index in [-0.39, 0.29) is 18.6 Å². The fourth-order valence-corrected chi connectivity index (χ4v) is 2.11. The van der Waals surface area contributed by atoms with Gasteiger partial charge in [-0.05, 0) is 24.3 Å². The van der Waals surface area contributed by atoms with E-state index in [1.165, 1.54) is 0 Å². The summed E-state index contributed by atoms with van der Waals surface area (Å²) in [5, 5.41) is 0. The highest BCUT2D eigenvalue weighted by molar-refractivity contribution is 5.75. The van der Waals surface area contributed by atoms with Crippen LogP contribution >= 0.6 is 0 Å². The molecule has 0 aromatic heterocycles. The number of amides is 1. The summed E-state index contributed by atoms with van der Waals surface area (Å²) in [6, 6.07) is 7.39. The van der Waals surface area contributed by atoms with Gasteiger partial charge in [0.25, 0.3) is 0 Å². The molecular weight excluding hydrogens is 260 g/mol. The largest absolute Gasteiger partial charge is 0.497 e. The second-order valence-electron chi connectivity index (χ2n) is 4.68. The molecule has 0 radical (unpaired) electrons. The highest BCUT2D eigenvalue weighted by atomic mass is 16.5. The van der Waals surface area contributed by atoms with Crippen molar-refractivity contribution in [3.8, 4) is 11.5 Å². The molecule has 0 aliphatic carbocycles. The Morgan fingerprint density at radius 3 is 2.75 bits per heavy atom. The molecular formula is C14H20N2O4. The number of ether oxygens (including phenoxy) is 3. The number of rotatable bonds is 6. The number of methoxy groups -OCH3 is 1. The van der Waals surface area contributed by atoms with Crippen molar-refractivity contribution < 1.29 is 19.0 Å². The van der Waals surface area contributed by atoms with Gasteiger partial charge in [-0.2, -0.15) is 0 Å². The van der Waals surface area contributed by atoms with Crippen molar-refractivity contribution in [2.24, 2.45) is 5.73 Å². The third-order valence-electron chi connectivity index (χ3n) is 3.10. The molecule has 110 valence electrons. The van der Waals surface area contributed by atoms with Gasteiger partial charge in [0, 0.05) is 13.1 Å². The molecule has 1 aliphatic rings. The summed E-state index contributed by atoms with van der Waals surface area (Å²) in [7, 11) is 1.62. The smallest absolute Gasteiger partial charge is 0.231 e. The number of hydrogen-bond donors (Lipinski definition) is 1. The summed E-state index contributed by atoms with van der Waals surface area (Å²) in [5.41, 5.74) is 5.20. The number of nitrogens with zero attached hydrogens (tertiary/aromatic N) is 1. The van der Waals surface area contributed by atoms with Gasteiger partial charge in [-0.1, -0.05) is 0 Å². The minimum absolute atomic E-state index is 0.0507. The van der Waals surface area contributed by atoms with Crippen LogP contribution in [0.1, 0.15) is 0 Å². The number of hydrogen-bond acceptors (Lipinski definition) is 5. The van der Waals surface area contributed by atoms with E-state index in [1.807, 2.05) is 29.2 Å². The molecule has 1 fully saturated rings. The van der Waals surface area contributed by atoms with Crippen molar-refractivity contribution in [3.05, 3.63) is 24.3 Å². The van der Waals surface area contributed by atoms with Crippen molar-refractivity contribution in [2.45, 2.75) is 6.10 Å². The topological polar surface area (TPSA) is 74.0 Å². The Labute approximate surface area is 118 Å². The van der Waals surface area contributed by atoms with Crippen LogP contribution in [0.3, 0.4) is 0 Å². The van der Waals surface area contributed by atoms with E-state index in [0.717, 1.165) is 18.0 Å². The van der Waals surface area contributed by atoms with E-state index in [1.54, 1.807) is 7.11 Å². The molecule has 20 heavy (non-hydrogen) atoms. The summed E-state index contributed by atoms with van der Waals surface area (Å²) in [5.74, 6) is 1.24. The van der Waals surface area contributed by atoms with Gasteiger partial charge in [0.15, 0.2) is 0 Å². The predicted molar refractivity (Wildman–Crippen MR) is 73.9 cm³/mol. The molecule has 0 unspecified atom stereocenters. The monoisotopic (exact) mass is 280 g/mol. The van der Waals surface area contributed by atoms with Crippen LogP contribution in [-0.4, -0.2) is 56.9 Å². The summed E-state index contributed by atoms with van der Waals surface area (Å²) >= 11 is 0. The molecule has 1 amide bonds. The third-order valence-corrected chi connectivity index (χ3v) is 3.10. The summed E-state index contributed by atoms with van der Waals surface area (Å²) < 4.78 is 16.4. The molecule has 0 saturated carbocycles. The highest BCUT2D eigenvalue weighted by Gasteiger charge is 2.21. The Kier molecular flexibility index (Phi) is 5.20. The van der Waals surface area contributed by atoms with Gasteiger partial charge in [-0.3, -0.25) is 9.69 Å². The maximum absolute atomic E-state index is 10.9. The molecule has 2 rings (SSSR count). The van der Waals surface area contributed by atoms with Crippen LogP contribution in [-0.2, 0) is 9.53 Å². The SMILES string of the molecule is COc1ccc(OC[C@H]2CN(CC(N)=O)CCO2)cc1. The molecule has 0 spiro atoms. The van der Waals surface area contributed by atoms with Gasteiger partial charge in [-0.25, -0.2) is 0 Å². The molecule has 6 nitrogen and oxygen atoms in total. The average Bonchev–Trinajstić information content (AvgIpc) is 2.45. The van der Waals surface area contributed by atoms with Gasteiger partial charge >= 0.3 is 0 Å². The zero-order valence-electron chi connectivity index (χ0n) is 11.6. The van der Waals surface area contributed by atoms with Gasteiger partial charge in [-0.15, -0.1) is 0 Å². The van der Waals surface area contributed by atoms with E-state index >= 15 is 0 Å². The lowest BCUT2D eigenvalue weighted by atomic mass is 10.2. The minimum Gasteiger partial charge on any atom is -0.497 e. The number of carbonyl (C=O) groups excluding carboxylic acids is 1. The number of nitrogens with two attached hydrogens (primary N) is 1. The Balaban J connectivity index is 1.79. The van der Waals surface area contributed by atoms with Gasteiger partial charge in [0.1, 0.15) is 24.2 Å². The fraction of sp³-hybridized carbons (Fsp3) is 0.500. The van der Waals surface area contributed by atoms with Crippen molar-refractivity contribution in [2.75, 3.05) is 40.0 Å². The Hall–Kier alpha value is -1.79. The van der Waals surface area contributed by atoms with Crippen LogP contribution in [0.4, 0.5) is 0 Å². The first-order chi connectivity index (χ1) is 9.67. The van der Waals surface area contributed by atoms with Crippen LogP contribution in [0.5, 0.6) is 11.5 Å². The van der Waals surface area contributed by atoms with Crippen molar-refractivity contribution in [1.29, 1.82) is 0 Å². The lowest BCUT2D eigenvalue weighted by molar-refractivity contribution is -0.121. The first-order valence-electron chi connectivity index (χ1n) is 6.56. The molecule has 1 aromatic rings. The second-order valence-corrected chi connectivity index (χ2v) is 4.68. The normalized spacial score (nSPS) is 19.6. The third kappa shape index (κ3) is 4.40. The summed E-state index contributed by atoms with van der Waals surface area (Å²) in [6.07, 6.45) is -0.0507. The van der Waals surface area contributed by atoms with Gasteiger partial charge < -0.3 is 19.9 Å². The molecule has 1 heterocycles. The second kappa shape index (κ2) is 7.12. The molecule has 1 aromatic carbocycles. The first kappa shape index (κ1) is 14.6. The Bertz CT molecular complexity index is 435. The maximum atomic E-state index is 10.9. The number of benzene rings is 1. The van der Waals surface area contributed by atoms with Crippen molar-refractivity contribution in [1.82, 2.24) is 4.90 Å². The fourth-order valence-electron chi connectivity index (χ4n) is 2.11. The molecule has 1 saturated heterocycles. The van der Waals surface area contributed by atoms with Crippen molar-refractivity contribution in [3.63, 3.8) is 0 Å². The lowest BCUT2D eigenvalue weighted by Crippen LogP contribution is -2.47. The van der Waals surface area contributed by atoms with Crippen LogP contribution in [0, 0.1) is 0 Å². The van der Waals surface area contributed by atoms with E-state index in [0.29, 0.717) is 19.8 Å². The van der Waals surface area contributed by atoms with Gasteiger partial charge in [0.05, 0.1) is 20.3 Å². The zero-order chi connectivity index (χ0) is 14.4. The van der Waals surface area contributed by atoms with E-state index in [2.05, 4.69) is 0 Å². The van der Waals surface area contributed by atoms with Crippen LogP contribution in [0.15, 0.2) is 24.3 Å². The zero-order valence-corrected chi connectivity index (χ0v) is 11.6. The van der Waals surface area contributed by atoms with Crippen LogP contribution in [0.25, 0.3) is 0 Å². The molecule has 6 heteroatoms. The molecule has 0 bridgehead atoms. The van der Waals surface area contributed by atoms with Crippen LogP contribution < -0.4 is 15.2 Å². The number of morpholine rings is 1. The highest BCUT2D eigenvalue weighted by Crippen LogP contribution is 2.17. The van der Waals surface area contributed by atoms with Crippen LogP contribution in [0.2, 0.25) is 0 Å². The number of carbonyl (C=O) groups is 1. The van der Waals surface area contributed by atoms with E-state index in [4.69, 9.17) is 19.9 Å².